The number of benzene rings is 2. The van der Waals surface area contributed by atoms with Crippen LogP contribution in [-0.4, -0.2) is 70.3 Å². The maximum atomic E-state index is 13.5. The summed E-state index contributed by atoms with van der Waals surface area (Å²) in [7, 11) is 0. The van der Waals surface area contributed by atoms with Gasteiger partial charge in [0.05, 0.1) is 47.1 Å². The first-order valence-electron chi connectivity index (χ1n) is 19.8. The van der Waals surface area contributed by atoms with Gasteiger partial charge in [-0.2, -0.15) is 0 Å². The molecule has 1 aliphatic carbocycles. The highest BCUT2D eigenvalue weighted by Gasteiger charge is 2.47. The third-order valence-corrected chi connectivity index (χ3v) is 11.5. The Morgan fingerprint density at radius 2 is 1.45 bits per heavy atom. The first kappa shape index (κ1) is 35.4. The second-order valence-corrected chi connectivity index (χ2v) is 17.7. The van der Waals surface area contributed by atoms with Crippen LogP contribution in [0.2, 0.25) is 0 Å². The van der Waals surface area contributed by atoms with Crippen LogP contribution in [0, 0.1) is 5.92 Å². The number of piperidine rings is 2. The number of ether oxygens (including phenoxy) is 3. The van der Waals surface area contributed by atoms with E-state index in [1.54, 1.807) is 4.90 Å². The number of aromatic nitrogens is 5. The van der Waals surface area contributed by atoms with Crippen molar-refractivity contribution in [1.82, 2.24) is 34.3 Å². The van der Waals surface area contributed by atoms with E-state index in [2.05, 4.69) is 63.9 Å². The van der Waals surface area contributed by atoms with Gasteiger partial charge in [-0.05, 0) is 123 Å². The highest BCUT2D eigenvalue weighted by atomic mass is 16.6. The number of carbonyl (C=O) groups is 2. The Labute approximate surface area is 321 Å². The first-order valence-corrected chi connectivity index (χ1v) is 19.8. The smallest absolute Gasteiger partial charge is 0.411 e. The summed E-state index contributed by atoms with van der Waals surface area (Å²) in [6, 6.07) is 14.9. The zero-order chi connectivity index (χ0) is 38.4. The number of hydrogen-bond acceptors (Lipinski definition) is 7. The van der Waals surface area contributed by atoms with Gasteiger partial charge >= 0.3 is 12.2 Å². The molecule has 4 fully saturated rings. The summed E-state index contributed by atoms with van der Waals surface area (Å²) >= 11 is 0. The lowest BCUT2D eigenvalue weighted by Gasteiger charge is -2.50. The molecular weight excluding hydrogens is 695 g/mol. The third-order valence-electron chi connectivity index (χ3n) is 11.5. The van der Waals surface area contributed by atoms with Crippen LogP contribution < -0.4 is 4.74 Å². The molecule has 2 aromatic carbocycles. The zero-order valence-corrected chi connectivity index (χ0v) is 32.8. The van der Waals surface area contributed by atoms with Gasteiger partial charge in [0.1, 0.15) is 28.6 Å². The van der Waals surface area contributed by atoms with Gasteiger partial charge in [-0.15, -0.1) is 0 Å². The van der Waals surface area contributed by atoms with Crippen LogP contribution in [0.3, 0.4) is 0 Å². The second kappa shape index (κ2) is 12.9. The van der Waals surface area contributed by atoms with E-state index in [1.807, 2.05) is 58.8 Å². The van der Waals surface area contributed by atoms with Crippen LogP contribution in [-0.2, 0) is 9.47 Å². The normalized spacial score (nSPS) is 23.4. The van der Waals surface area contributed by atoms with Crippen LogP contribution >= 0.6 is 0 Å². The van der Waals surface area contributed by atoms with Gasteiger partial charge in [-0.3, -0.25) is 9.80 Å². The van der Waals surface area contributed by atoms with Crippen molar-refractivity contribution in [2.45, 2.75) is 123 Å². The molecule has 2 amide bonds. The number of nitrogens with zero attached hydrogens (tertiary/aromatic N) is 5. The summed E-state index contributed by atoms with van der Waals surface area (Å²) in [5.41, 5.74) is 5.87. The van der Waals surface area contributed by atoms with Crippen molar-refractivity contribution in [2.75, 3.05) is 6.54 Å². The molecule has 0 spiro atoms. The Bertz CT molecular complexity index is 2280. The monoisotopic (exact) mass is 745 g/mol. The van der Waals surface area contributed by atoms with Gasteiger partial charge in [0.15, 0.2) is 6.23 Å². The van der Waals surface area contributed by atoms with Crippen molar-refractivity contribution in [2.24, 2.45) is 5.92 Å². The lowest BCUT2D eigenvalue weighted by Crippen LogP contribution is -2.54. The van der Waals surface area contributed by atoms with E-state index in [0.717, 1.165) is 101 Å². The Morgan fingerprint density at radius 3 is 2.18 bits per heavy atom. The number of aromatic amines is 2. The van der Waals surface area contributed by atoms with E-state index in [1.165, 1.54) is 0 Å². The van der Waals surface area contributed by atoms with Gasteiger partial charge in [0.25, 0.3) is 0 Å². The molecule has 12 nitrogen and oxygen atoms in total. The Hall–Kier alpha value is -5.26. The zero-order valence-electron chi connectivity index (χ0n) is 32.8. The SMILES string of the molecule is CC1Oc2cc(-c3cnc(C4C5CCC(CC5)N4C(=O)OC(C)(C)C)[nH]3)ccc2-c2cc3cc(-c4cnc(C5CCCN5C(=O)OC(C)(C)C)[nH]4)ccc3n21. The number of hydrogen-bond donors (Lipinski definition) is 2. The minimum Gasteiger partial charge on any atom is -0.470 e. The summed E-state index contributed by atoms with van der Waals surface area (Å²) in [6.45, 7) is 14.1. The number of fused-ring (bicyclic) bond motifs is 8. The fourth-order valence-corrected chi connectivity index (χ4v) is 9.20. The quantitative estimate of drug-likeness (QED) is 0.187. The number of likely N-dealkylation sites (tertiary alicyclic amines) is 1. The molecule has 3 atom stereocenters. The lowest BCUT2D eigenvalue weighted by atomic mass is 9.74. The van der Waals surface area contributed by atoms with E-state index in [0.29, 0.717) is 12.5 Å². The van der Waals surface area contributed by atoms with E-state index in [4.69, 9.17) is 24.2 Å². The molecule has 10 rings (SSSR count). The fourth-order valence-electron chi connectivity index (χ4n) is 9.20. The summed E-state index contributed by atoms with van der Waals surface area (Å²) in [4.78, 5) is 46.8. The summed E-state index contributed by atoms with van der Waals surface area (Å²) in [5.74, 6) is 2.75. The van der Waals surface area contributed by atoms with Crippen molar-refractivity contribution >= 4 is 23.1 Å². The minimum atomic E-state index is -0.561. The maximum Gasteiger partial charge on any atom is 0.411 e. The van der Waals surface area contributed by atoms with Crippen molar-refractivity contribution in [3.8, 4) is 39.5 Å². The molecule has 12 heteroatoms. The fraction of sp³-hybridized carbons (Fsp3) is 0.488. The van der Waals surface area contributed by atoms with Crippen molar-refractivity contribution in [1.29, 1.82) is 0 Å². The van der Waals surface area contributed by atoms with Crippen LogP contribution in [0.5, 0.6) is 5.75 Å². The van der Waals surface area contributed by atoms with Crippen molar-refractivity contribution in [3.63, 3.8) is 0 Å². The Morgan fingerprint density at radius 1 is 0.800 bits per heavy atom. The second-order valence-electron chi connectivity index (χ2n) is 17.7. The molecule has 2 bridgehead atoms. The molecule has 0 radical (unpaired) electrons. The number of carbonyl (C=O) groups excluding carboxylic acids is 2. The maximum absolute atomic E-state index is 13.5. The van der Waals surface area contributed by atoms with Gasteiger partial charge < -0.3 is 28.7 Å². The molecule has 5 aliphatic rings. The van der Waals surface area contributed by atoms with Gasteiger partial charge in [-0.1, -0.05) is 12.1 Å². The largest absolute Gasteiger partial charge is 0.470 e. The molecule has 3 unspecified atom stereocenters. The number of rotatable bonds is 4. The van der Waals surface area contributed by atoms with E-state index in [-0.39, 0.29) is 36.5 Å². The van der Waals surface area contributed by atoms with Crippen LogP contribution in [0.1, 0.15) is 117 Å². The lowest BCUT2D eigenvalue weighted by molar-refractivity contribution is -0.0439. The van der Waals surface area contributed by atoms with Gasteiger partial charge in [0, 0.05) is 34.7 Å². The number of H-pyrrole nitrogens is 2. The highest BCUT2D eigenvalue weighted by molar-refractivity contribution is 5.92. The molecular formula is C43H51N7O5. The molecule has 3 saturated heterocycles. The van der Waals surface area contributed by atoms with Crippen LogP contribution in [0.15, 0.2) is 54.9 Å². The molecule has 2 N–H and O–H groups in total. The predicted octanol–water partition coefficient (Wildman–Crippen LogP) is 9.92. The number of amides is 2. The molecule has 7 heterocycles. The average molecular weight is 746 g/mol. The highest BCUT2D eigenvalue weighted by Crippen LogP contribution is 2.48. The molecule has 4 aliphatic heterocycles. The molecule has 288 valence electrons. The van der Waals surface area contributed by atoms with E-state index < -0.39 is 11.2 Å². The summed E-state index contributed by atoms with van der Waals surface area (Å²) < 4.78 is 20.4. The van der Waals surface area contributed by atoms with Crippen molar-refractivity contribution < 1.29 is 23.8 Å². The third kappa shape index (κ3) is 6.42. The molecule has 1 saturated carbocycles. The molecule has 55 heavy (non-hydrogen) atoms. The van der Waals surface area contributed by atoms with E-state index >= 15 is 0 Å². The van der Waals surface area contributed by atoms with Gasteiger partial charge in [-0.25, -0.2) is 19.6 Å². The minimum absolute atomic E-state index is 0.131. The first-order chi connectivity index (χ1) is 26.2. The van der Waals surface area contributed by atoms with E-state index in [9.17, 15) is 9.59 Å². The number of nitrogens with one attached hydrogen (secondary N) is 2. The van der Waals surface area contributed by atoms with Crippen LogP contribution in [0.4, 0.5) is 9.59 Å². The van der Waals surface area contributed by atoms with Gasteiger partial charge in [0.2, 0.25) is 0 Å². The average Bonchev–Trinajstić information content (AvgIpc) is 3.95. The Balaban J connectivity index is 0.973. The predicted molar refractivity (Wildman–Crippen MR) is 209 cm³/mol. The standard InChI is InChI=1S/C43H51N7O5/c1-24-49-33-17-13-26(31-22-44-38(46-31)34-9-8-18-48(34)40(51)54-42(2,3)4)19-28(33)20-35(49)30-16-12-27(21-36(30)53-24)32-23-45-39(47-32)37-25-10-14-29(15-11-25)50(37)41(52)55-43(5,6)7/h12-13,16-17,19-25,29,34,37H,8-11,14-15,18H2,1-7H3,(H,44,46)(H,45,47). The van der Waals surface area contributed by atoms with Crippen LogP contribution in [0.25, 0.3) is 44.7 Å². The number of imidazole rings is 2. The summed E-state index contributed by atoms with van der Waals surface area (Å²) in [6.07, 6.45) is 8.88. The molecule has 5 aromatic rings. The summed E-state index contributed by atoms with van der Waals surface area (Å²) in [5, 5.41) is 1.10. The topological polar surface area (TPSA) is 131 Å². The molecule has 3 aromatic heterocycles. The Kier molecular flexibility index (Phi) is 8.32. The van der Waals surface area contributed by atoms with Crippen molar-refractivity contribution in [3.05, 3.63) is 66.5 Å².